The maximum absolute atomic E-state index is 14.0. The first-order chi connectivity index (χ1) is 27.6. The SMILES string of the molecule is C1=CC2C3C=CC(C3)C2C1.C1=CCC=C1.C=CC(F)(F)C(F)(F)C(F)(F)C(F)(F)C(F)(F)C(F)(F)F.FC(F)(F)C(F)(F)C(F)(F)C(F)(F)C(F)(F)C(F)(F)C1CC2C=CC1C2. The fourth-order valence-electron chi connectivity index (χ4n) is 7.49. The third-order valence-electron chi connectivity index (χ3n) is 11.0. The summed E-state index contributed by atoms with van der Waals surface area (Å²) in [5.41, 5.74) is 0. The lowest BCUT2D eigenvalue weighted by atomic mass is 9.81. The molecule has 7 unspecified atom stereocenters. The average Bonchev–Trinajstić information content (AvgIpc) is 3.99. The zero-order chi connectivity index (χ0) is 48.4. The predicted molar refractivity (Wildman–Crippen MR) is 165 cm³/mol. The molecule has 26 heteroatoms. The van der Waals surface area contributed by atoms with Crippen LogP contribution >= 0.6 is 0 Å². The van der Waals surface area contributed by atoms with Gasteiger partial charge in [-0.25, -0.2) is 0 Å². The standard InChI is InChI=1S/C13H9F13.C10H12.C8H3F13.C5H6/c14-8(15,7-4-5-1-2-6(7)3-5)9(16,17)10(18,19)11(20,21)12(22,23)13(24,25)26;1-2-9-7-4-5-8(6-7)10(9)3-1;1-2-3(9,10)4(11,12)5(13,14)6(15,16)7(17,18)8(19,20)21;1-2-4-5-3-1/h1-2,5-7H,3-4H2;1-2,4-5,7-10H,3,6H2;2H,1H2;1-4H,5H2. The maximum atomic E-state index is 14.0. The Kier molecular flexibility index (Phi) is 14.1. The summed E-state index contributed by atoms with van der Waals surface area (Å²) in [6, 6.07) is 0. The molecule has 6 aliphatic carbocycles. The summed E-state index contributed by atoms with van der Waals surface area (Å²) in [7, 11) is 0. The molecule has 0 heterocycles. The van der Waals surface area contributed by atoms with E-state index in [9.17, 15) is 114 Å². The van der Waals surface area contributed by atoms with Crippen LogP contribution in [0.2, 0.25) is 0 Å². The molecule has 356 valence electrons. The van der Waals surface area contributed by atoms with E-state index in [0.29, 0.717) is 0 Å². The first kappa shape index (κ1) is 53.0. The van der Waals surface area contributed by atoms with Gasteiger partial charge in [0.05, 0.1) is 0 Å². The summed E-state index contributed by atoms with van der Waals surface area (Å²) in [6.45, 7) is 1.89. The van der Waals surface area contributed by atoms with Gasteiger partial charge in [-0.1, -0.05) is 67.3 Å². The van der Waals surface area contributed by atoms with Crippen LogP contribution in [-0.4, -0.2) is 71.6 Å². The normalized spacial score (nSPS) is 27.4. The molecule has 6 aliphatic rings. The van der Waals surface area contributed by atoms with Crippen molar-refractivity contribution in [3.05, 3.63) is 73.4 Å². The maximum Gasteiger partial charge on any atom is 0.460 e. The quantitative estimate of drug-likeness (QED) is 0.151. The van der Waals surface area contributed by atoms with Gasteiger partial charge < -0.3 is 0 Å². The minimum atomic E-state index is -7.85. The molecule has 6 rings (SSSR count). The Balaban J connectivity index is 0.000000249. The van der Waals surface area contributed by atoms with Crippen molar-refractivity contribution in [2.75, 3.05) is 0 Å². The Bertz CT molecular complexity index is 1730. The highest BCUT2D eigenvalue weighted by molar-refractivity contribution is 5.22. The molecule has 0 radical (unpaired) electrons. The zero-order valence-electron chi connectivity index (χ0n) is 30.5. The first-order valence-electron chi connectivity index (χ1n) is 17.5. The van der Waals surface area contributed by atoms with Crippen molar-refractivity contribution in [1.82, 2.24) is 0 Å². The molecule has 0 aromatic carbocycles. The van der Waals surface area contributed by atoms with Crippen molar-refractivity contribution in [3.8, 4) is 0 Å². The number of rotatable bonds is 10. The van der Waals surface area contributed by atoms with E-state index in [1.807, 2.05) is 6.58 Å². The topological polar surface area (TPSA) is 0 Å². The molecule has 0 aromatic heterocycles. The number of alkyl halides is 26. The minimum absolute atomic E-state index is 0.170. The van der Waals surface area contributed by atoms with E-state index in [4.69, 9.17) is 0 Å². The lowest BCUT2D eigenvalue weighted by Crippen LogP contribution is -2.71. The van der Waals surface area contributed by atoms with Crippen molar-refractivity contribution in [2.24, 2.45) is 41.4 Å². The lowest BCUT2D eigenvalue weighted by molar-refractivity contribution is -0.443. The van der Waals surface area contributed by atoms with Crippen molar-refractivity contribution in [1.29, 1.82) is 0 Å². The van der Waals surface area contributed by atoms with Gasteiger partial charge in [-0.2, -0.15) is 114 Å². The van der Waals surface area contributed by atoms with Gasteiger partial charge >= 0.3 is 71.6 Å². The summed E-state index contributed by atoms with van der Waals surface area (Å²) in [6.07, 6.45) is 7.24. The summed E-state index contributed by atoms with van der Waals surface area (Å²) in [5, 5.41) is 0. The van der Waals surface area contributed by atoms with Crippen LogP contribution in [0.25, 0.3) is 0 Å². The highest BCUT2D eigenvalue weighted by Gasteiger charge is 2.92. The molecule has 62 heavy (non-hydrogen) atoms. The molecule has 0 saturated heterocycles. The molecule has 2 saturated carbocycles. The third-order valence-corrected chi connectivity index (χ3v) is 11.0. The van der Waals surface area contributed by atoms with Crippen LogP contribution in [0.4, 0.5) is 114 Å². The third kappa shape index (κ3) is 8.37. The summed E-state index contributed by atoms with van der Waals surface area (Å²) < 4.78 is 330. The van der Waals surface area contributed by atoms with E-state index < -0.39 is 102 Å². The van der Waals surface area contributed by atoms with Gasteiger partial charge in [0.1, 0.15) is 0 Å². The van der Waals surface area contributed by atoms with Crippen molar-refractivity contribution < 1.29 is 114 Å². The summed E-state index contributed by atoms with van der Waals surface area (Å²) in [4.78, 5) is 0. The Morgan fingerprint density at radius 1 is 0.403 bits per heavy atom. The summed E-state index contributed by atoms with van der Waals surface area (Å²) >= 11 is 0. The smallest absolute Gasteiger partial charge is 0.199 e. The van der Waals surface area contributed by atoms with E-state index in [1.54, 1.807) is 0 Å². The van der Waals surface area contributed by atoms with Gasteiger partial charge in [0, 0.05) is 5.92 Å². The van der Waals surface area contributed by atoms with E-state index in [1.165, 1.54) is 18.9 Å². The number of hydrogen-bond donors (Lipinski definition) is 0. The second kappa shape index (κ2) is 16.6. The molecular weight excluding hydrogens is 926 g/mol. The number of halogens is 26. The minimum Gasteiger partial charge on any atom is -0.199 e. The van der Waals surface area contributed by atoms with Gasteiger partial charge in [0.2, 0.25) is 0 Å². The Morgan fingerprint density at radius 2 is 0.823 bits per heavy atom. The van der Waals surface area contributed by atoms with Gasteiger partial charge in [0.25, 0.3) is 0 Å². The average molecular weight is 957 g/mol. The van der Waals surface area contributed by atoms with Crippen LogP contribution < -0.4 is 0 Å². The Labute approximate surface area is 333 Å². The fraction of sp³-hybridized carbons (Fsp3) is 0.667. The molecular formula is C36H30F26. The van der Waals surface area contributed by atoms with E-state index in [-0.39, 0.29) is 6.42 Å². The molecule has 0 aromatic rings. The van der Waals surface area contributed by atoms with E-state index in [2.05, 4.69) is 48.6 Å². The molecule has 0 N–H and O–H groups in total. The summed E-state index contributed by atoms with van der Waals surface area (Å²) in [5.74, 6) is -73.9. The lowest BCUT2D eigenvalue weighted by Gasteiger charge is -2.42. The second-order valence-electron chi connectivity index (χ2n) is 14.9. The zero-order valence-corrected chi connectivity index (χ0v) is 30.5. The van der Waals surface area contributed by atoms with E-state index in [0.717, 1.165) is 36.2 Å². The number of allylic oxidation sites excluding steroid dienone is 11. The number of hydrogen-bond acceptors (Lipinski definition) is 0. The molecule has 0 amide bonds. The van der Waals surface area contributed by atoms with Crippen molar-refractivity contribution in [2.45, 2.75) is 104 Å². The largest absolute Gasteiger partial charge is 0.460 e. The highest BCUT2D eigenvalue weighted by Crippen LogP contribution is 2.65. The van der Waals surface area contributed by atoms with Gasteiger partial charge in [0.15, 0.2) is 0 Å². The monoisotopic (exact) mass is 956 g/mol. The van der Waals surface area contributed by atoms with Crippen LogP contribution in [0.15, 0.2) is 73.4 Å². The molecule has 0 aliphatic heterocycles. The van der Waals surface area contributed by atoms with Crippen LogP contribution in [0.1, 0.15) is 32.1 Å². The van der Waals surface area contributed by atoms with Crippen LogP contribution in [0, 0.1) is 41.4 Å². The Hall–Kier alpha value is -3.38. The highest BCUT2D eigenvalue weighted by atomic mass is 19.4. The van der Waals surface area contributed by atoms with Gasteiger partial charge in [-0.15, -0.1) is 0 Å². The van der Waals surface area contributed by atoms with E-state index >= 15 is 0 Å². The van der Waals surface area contributed by atoms with Crippen molar-refractivity contribution >= 4 is 0 Å². The molecule has 0 spiro atoms. The molecule has 2 fully saturated rings. The van der Waals surface area contributed by atoms with Gasteiger partial charge in [-0.05, 0) is 73.7 Å². The first-order valence-corrected chi connectivity index (χ1v) is 17.5. The van der Waals surface area contributed by atoms with Crippen LogP contribution in [0.3, 0.4) is 0 Å². The number of fused-ring (bicyclic) bond motifs is 7. The van der Waals surface area contributed by atoms with Crippen LogP contribution in [0.5, 0.6) is 0 Å². The predicted octanol–water partition coefficient (Wildman–Crippen LogP) is 14.7. The van der Waals surface area contributed by atoms with Gasteiger partial charge in [-0.3, -0.25) is 0 Å². The van der Waals surface area contributed by atoms with Crippen LogP contribution in [-0.2, 0) is 0 Å². The Morgan fingerprint density at radius 3 is 1.18 bits per heavy atom. The molecule has 7 atom stereocenters. The second-order valence-corrected chi connectivity index (χ2v) is 14.9. The molecule has 4 bridgehead atoms. The fourth-order valence-corrected chi connectivity index (χ4v) is 7.49. The van der Waals surface area contributed by atoms with Crippen molar-refractivity contribution in [3.63, 3.8) is 0 Å². The molecule has 0 nitrogen and oxygen atoms in total.